The fourth-order valence-corrected chi connectivity index (χ4v) is 0.677. The van der Waals surface area contributed by atoms with Gasteiger partial charge in [-0.3, -0.25) is 0 Å². The quantitative estimate of drug-likeness (QED) is 0.530. The van der Waals surface area contributed by atoms with Gasteiger partial charge in [0, 0.05) is 6.54 Å². The van der Waals surface area contributed by atoms with Gasteiger partial charge in [0.15, 0.2) is 6.10 Å². The lowest BCUT2D eigenvalue weighted by molar-refractivity contribution is -0.153. The minimum atomic E-state index is -1.14. The highest BCUT2D eigenvalue weighted by atomic mass is 16.5. The lowest BCUT2D eigenvalue weighted by Gasteiger charge is -2.06. The third-order valence-corrected chi connectivity index (χ3v) is 1.65. The number of hydrogen-bond acceptors (Lipinski definition) is 4. The maximum Gasteiger partial charge on any atom is 0.336 e. The molecule has 0 aromatic carbocycles. The van der Waals surface area contributed by atoms with Crippen molar-refractivity contribution in [1.29, 1.82) is 0 Å². The first-order valence-electron chi connectivity index (χ1n) is 3.79. The third kappa shape index (κ3) is 2.86. The van der Waals surface area contributed by atoms with Crippen LogP contribution in [0.3, 0.4) is 0 Å². The summed E-state index contributed by atoms with van der Waals surface area (Å²) in [6, 6.07) is 0. The van der Waals surface area contributed by atoms with Crippen molar-refractivity contribution in [3.05, 3.63) is 0 Å². The van der Waals surface area contributed by atoms with Gasteiger partial charge in [-0.05, 0) is 18.8 Å². The molecule has 0 aliphatic heterocycles. The molecule has 1 fully saturated rings. The van der Waals surface area contributed by atoms with E-state index < -0.39 is 12.1 Å². The molecule has 0 heterocycles. The molecule has 1 unspecified atom stereocenters. The number of hydrogen-bond donors (Lipinski definition) is 2. The van der Waals surface area contributed by atoms with E-state index in [9.17, 15) is 4.79 Å². The van der Waals surface area contributed by atoms with Crippen molar-refractivity contribution in [2.75, 3.05) is 13.2 Å². The van der Waals surface area contributed by atoms with Gasteiger partial charge in [-0.2, -0.15) is 0 Å². The highest BCUT2D eigenvalue weighted by Crippen LogP contribution is 2.28. The molecule has 0 bridgehead atoms. The van der Waals surface area contributed by atoms with Crippen molar-refractivity contribution in [2.24, 2.45) is 11.7 Å². The Morgan fingerprint density at radius 1 is 1.73 bits per heavy atom. The van der Waals surface area contributed by atoms with Crippen molar-refractivity contribution in [1.82, 2.24) is 0 Å². The molecule has 0 spiro atoms. The summed E-state index contributed by atoms with van der Waals surface area (Å²) in [5.74, 6) is -0.0664. The normalized spacial score (nSPS) is 19.5. The van der Waals surface area contributed by atoms with Gasteiger partial charge >= 0.3 is 5.97 Å². The van der Waals surface area contributed by atoms with E-state index >= 15 is 0 Å². The topological polar surface area (TPSA) is 72.5 Å². The first-order valence-corrected chi connectivity index (χ1v) is 3.79. The molecule has 1 saturated carbocycles. The zero-order valence-electron chi connectivity index (χ0n) is 6.32. The highest BCUT2D eigenvalue weighted by Gasteiger charge is 2.24. The van der Waals surface area contributed by atoms with Gasteiger partial charge in [-0.25, -0.2) is 4.79 Å². The Balaban J connectivity index is 2.08. The Hall–Kier alpha value is -0.610. The van der Waals surface area contributed by atoms with Crippen LogP contribution in [-0.4, -0.2) is 30.3 Å². The molecule has 1 rings (SSSR count). The van der Waals surface area contributed by atoms with Gasteiger partial charge in [0.25, 0.3) is 0 Å². The molecule has 11 heavy (non-hydrogen) atoms. The maximum absolute atomic E-state index is 10.8. The van der Waals surface area contributed by atoms with E-state index in [-0.39, 0.29) is 6.54 Å². The number of carbonyl (C=O) groups excluding carboxylic acids is 1. The number of ether oxygens (including phenoxy) is 1. The molecule has 1 aliphatic carbocycles. The van der Waals surface area contributed by atoms with Gasteiger partial charge in [0.05, 0.1) is 6.61 Å². The minimum Gasteiger partial charge on any atom is -0.463 e. The molecule has 0 aromatic rings. The van der Waals surface area contributed by atoms with Gasteiger partial charge < -0.3 is 15.6 Å². The summed E-state index contributed by atoms with van der Waals surface area (Å²) in [7, 11) is 0. The molecular weight excluding hydrogens is 146 g/mol. The number of aliphatic hydroxyl groups is 1. The predicted octanol–water partition coefficient (Wildman–Crippen LogP) is -0.741. The fraction of sp³-hybridized carbons (Fsp3) is 0.857. The molecule has 0 amide bonds. The molecule has 1 aliphatic rings. The van der Waals surface area contributed by atoms with Gasteiger partial charge in [0.1, 0.15) is 0 Å². The zero-order chi connectivity index (χ0) is 8.27. The summed E-state index contributed by atoms with van der Waals surface area (Å²) in [4.78, 5) is 10.8. The summed E-state index contributed by atoms with van der Waals surface area (Å²) < 4.78 is 4.75. The van der Waals surface area contributed by atoms with Gasteiger partial charge in [-0.15, -0.1) is 0 Å². The van der Waals surface area contributed by atoms with Crippen molar-refractivity contribution < 1.29 is 14.6 Å². The van der Waals surface area contributed by atoms with Crippen molar-refractivity contribution in [3.63, 3.8) is 0 Å². The van der Waals surface area contributed by atoms with E-state index in [1.54, 1.807) is 0 Å². The number of aliphatic hydroxyl groups excluding tert-OH is 1. The molecular formula is C7H13NO3. The average molecular weight is 159 g/mol. The third-order valence-electron chi connectivity index (χ3n) is 1.65. The van der Waals surface area contributed by atoms with Crippen LogP contribution in [0.1, 0.15) is 12.8 Å². The van der Waals surface area contributed by atoms with Crippen LogP contribution in [0.15, 0.2) is 0 Å². The summed E-state index contributed by atoms with van der Waals surface area (Å²) in [5, 5.41) is 8.86. The Bertz CT molecular complexity index is 145. The first-order chi connectivity index (χ1) is 5.24. The Kier molecular flexibility index (Phi) is 2.84. The van der Waals surface area contributed by atoms with Crippen LogP contribution in [0.4, 0.5) is 0 Å². The number of esters is 1. The summed E-state index contributed by atoms with van der Waals surface area (Å²) in [6.07, 6.45) is 1.12. The molecule has 0 radical (unpaired) electrons. The Morgan fingerprint density at radius 2 is 2.36 bits per heavy atom. The van der Waals surface area contributed by atoms with Gasteiger partial charge in [0.2, 0.25) is 0 Å². The number of rotatable bonds is 4. The van der Waals surface area contributed by atoms with E-state index in [1.165, 1.54) is 0 Å². The largest absolute Gasteiger partial charge is 0.463 e. The maximum atomic E-state index is 10.8. The van der Waals surface area contributed by atoms with Crippen LogP contribution >= 0.6 is 0 Å². The predicted molar refractivity (Wildman–Crippen MR) is 38.7 cm³/mol. The monoisotopic (exact) mass is 159 g/mol. The molecule has 4 heteroatoms. The van der Waals surface area contributed by atoms with Crippen molar-refractivity contribution in [2.45, 2.75) is 18.9 Å². The van der Waals surface area contributed by atoms with E-state index in [0.29, 0.717) is 12.5 Å². The van der Waals surface area contributed by atoms with Crippen LogP contribution < -0.4 is 5.73 Å². The lowest BCUT2D eigenvalue weighted by Crippen LogP contribution is -2.31. The fourth-order valence-electron chi connectivity index (χ4n) is 0.677. The van der Waals surface area contributed by atoms with Gasteiger partial charge in [-0.1, -0.05) is 0 Å². The van der Waals surface area contributed by atoms with Crippen molar-refractivity contribution >= 4 is 5.97 Å². The Morgan fingerprint density at radius 3 is 2.82 bits per heavy atom. The van der Waals surface area contributed by atoms with Crippen LogP contribution in [0, 0.1) is 5.92 Å². The van der Waals surface area contributed by atoms with E-state index in [2.05, 4.69) is 0 Å². The first kappa shape index (κ1) is 8.49. The van der Waals surface area contributed by atoms with Crippen LogP contribution in [0.25, 0.3) is 0 Å². The molecule has 0 saturated heterocycles. The van der Waals surface area contributed by atoms with Crippen LogP contribution in [-0.2, 0) is 9.53 Å². The smallest absolute Gasteiger partial charge is 0.336 e. The average Bonchev–Trinajstić information content (AvgIpc) is 2.81. The second-order valence-corrected chi connectivity index (χ2v) is 2.82. The zero-order valence-corrected chi connectivity index (χ0v) is 6.32. The summed E-state index contributed by atoms with van der Waals surface area (Å²) in [6.45, 7) is 0.374. The highest BCUT2D eigenvalue weighted by molar-refractivity contribution is 5.74. The Labute approximate surface area is 65.3 Å². The summed E-state index contributed by atoms with van der Waals surface area (Å²) in [5.41, 5.74) is 5.04. The second kappa shape index (κ2) is 3.69. The van der Waals surface area contributed by atoms with Crippen LogP contribution in [0.2, 0.25) is 0 Å². The second-order valence-electron chi connectivity index (χ2n) is 2.82. The van der Waals surface area contributed by atoms with E-state index in [1.807, 2.05) is 0 Å². The summed E-state index contributed by atoms with van der Waals surface area (Å²) >= 11 is 0. The standard InChI is InChI=1S/C7H13NO3/c8-3-6(9)7(10)11-4-5-1-2-5/h5-6,9H,1-4,8H2. The molecule has 0 aromatic heterocycles. The van der Waals surface area contributed by atoms with Crippen molar-refractivity contribution in [3.8, 4) is 0 Å². The van der Waals surface area contributed by atoms with E-state index in [0.717, 1.165) is 12.8 Å². The SMILES string of the molecule is NCC(O)C(=O)OCC1CC1. The lowest BCUT2D eigenvalue weighted by atomic mass is 10.4. The molecule has 3 N–H and O–H groups in total. The number of nitrogens with two attached hydrogens (primary N) is 1. The van der Waals surface area contributed by atoms with Crippen LogP contribution in [0.5, 0.6) is 0 Å². The molecule has 64 valence electrons. The molecule has 4 nitrogen and oxygen atoms in total. The number of carbonyl (C=O) groups is 1. The van der Waals surface area contributed by atoms with E-state index in [4.69, 9.17) is 15.6 Å². The minimum absolute atomic E-state index is 0.0660. The molecule has 1 atom stereocenters.